The van der Waals surface area contributed by atoms with Crippen LogP contribution in [0.3, 0.4) is 0 Å². The molecule has 1 atom stereocenters. The van der Waals surface area contributed by atoms with Crippen LogP contribution in [0.1, 0.15) is 49.4 Å². The molecule has 1 unspecified atom stereocenters. The molecule has 1 amide bonds. The summed E-state index contributed by atoms with van der Waals surface area (Å²) >= 11 is 1.50. The third kappa shape index (κ3) is 5.09. The Hall–Kier alpha value is -3.58. The van der Waals surface area contributed by atoms with Crippen molar-refractivity contribution in [2.75, 3.05) is 10.6 Å². The van der Waals surface area contributed by atoms with Crippen molar-refractivity contribution >= 4 is 28.2 Å². The number of nitrogens with one attached hydrogen (secondary N) is 2. The minimum absolute atomic E-state index is 0.196. The van der Waals surface area contributed by atoms with Crippen LogP contribution in [0.4, 0.5) is 15.3 Å². The van der Waals surface area contributed by atoms with Crippen LogP contribution in [0.2, 0.25) is 0 Å². The number of aromatic nitrogens is 2. The van der Waals surface area contributed by atoms with Crippen LogP contribution in [-0.2, 0) is 0 Å². The molecule has 4 rings (SSSR count). The van der Waals surface area contributed by atoms with E-state index in [4.69, 9.17) is 0 Å². The molecule has 2 aromatic carbocycles. The van der Waals surface area contributed by atoms with Crippen molar-refractivity contribution in [3.63, 3.8) is 0 Å². The number of halogens is 1. The van der Waals surface area contributed by atoms with Crippen LogP contribution in [-0.4, -0.2) is 15.9 Å². The summed E-state index contributed by atoms with van der Waals surface area (Å²) in [6, 6.07) is 17.0. The van der Waals surface area contributed by atoms with E-state index >= 15 is 0 Å². The molecule has 0 aliphatic carbocycles. The predicted octanol–water partition coefficient (Wildman–Crippen LogP) is 6.36. The molecule has 5 nitrogen and oxygen atoms in total. The van der Waals surface area contributed by atoms with E-state index in [2.05, 4.69) is 20.6 Å². The third-order valence-corrected chi connectivity index (χ3v) is 6.56. The molecule has 0 aliphatic rings. The monoisotopic (exact) mass is 460 g/mol. The number of rotatable bonds is 6. The van der Waals surface area contributed by atoms with Gasteiger partial charge in [-0.25, -0.2) is 14.4 Å². The molecule has 33 heavy (non-hydrogen) atoms. The van der Waals surface area contributed by atoms with E-state index in [1.54, 1.807) is 18.2 Å². The third-order valence-electron chi connectivity index (χ3n) is 5.42. The van der Waals surface area contributed by atoms with Gasteiger partial charge in [0.1, 0.15) is 10.8 Å². The minimum atomic E-state index is -0.460. The summed E-state index contributed by atoms with van der Waals surface area (Å²) < 4.78 is 14.2. The summed E-state index contributed by atoms with van der Waals surface area (Å²) in [6.07, 6.45) is 0. The van der Waals surface area contributed by atoms with Crippen LogP contribution in [0, 0.1) is 33.5 Å². The summed E-state index contributed by atoms with van der Waals surface area (Å²) in [7, 11) is 0. The lowest BCUT2D eigenvalue weighted by Gasteiger charge is -2.22. The van der Waals surface area contributed by atoms with E-state index in [-0.39, 0.29) is 11.7 Å². The Kier molecular flexibility index (Phi) is 6.51. The van der Waals surface area contributed by atoms with E-state index in [0.29, 0.717) is 22.1 Å². The summed E-state index contributed by atoms with van der Waals surface area (Å²) in [6.45, 7) is 7.83. The fourth-order valence-electron chi connectivity index (χ4n) is 3.78. The highest BCUT2D eigenvalue weighted by Crippen LogP contribution is 2.41. The zero-order chi connectivity index (χ0) is 23.5. The van der Waals surface area contributed by atoms with Gasteiger partial charge in [0.2, 0.25) is 5.95 Å². The molecular formula is C26H25FN4OS. The lowest BCUT2D eigenvalue weighted by atomic mass is 9.96. The van der Waals surface area contributed by atoms with Crippen LogP contribution >= 0.6 is 11.3 Å². The number of carbonyl (C=O) groups excluding carboxylic acids is 1. The maximum absolute atomic E-state index is 14.2. The molecule has 2 heterocycles. The van der Waals surface area contributed by atoms with Gasteiger partial charge in [0.05, 0.1) is 6.04 Å². The first-order valence-corrected chi connectivity index (χ1v) is 11.4. The number of anilines is 2. The zero-order valence-corrected chi connectivity index (χ0v) is 19.8. The molecule has 0 radical (unpaired) electrons. The maximum Gasteiger partial charge on any atom is 0.256 e. The van der Waals surface area contributed by atoms with Gasteiger partial charge in [-0.1, -0.05) is 30.3 Å². The Bertz CT molecular complexity index is 1280. The van der Waals surface area contributed by atoms with Crippen molar-refractivity contribution < 1.29 is 9.18 Å². The number of thiophene rings is 1. The van der Waals surface area contributed by atoms with Crippen LogP contribution in [0.15, 0.2) is 60.7 Å². The molecule has 0 saturated heterocycles. The smallest absolute Gasteiger partial charge is 0.256 e. The van der Waals surface area contributed by atoms with Gasteiger partial charge >= 0.3 is 0 Å². The molecule has 2 aromatic heterocycles. The number of aryl methyl sites for hydroxylation is 3. The number of benzene rings is 2. The Morgan fingerprint density at radius 1 is 0.939 bits per heavy atom. The molecule has 0 saturated carbocycles. The van der Waals surface area contributed by atoms with Crippen molar-refractivity contribution in [1.82, 2.24) is 9.97 Å². The van der Waals surface area contributed by atoms with Gasteiger partial charge < -0.3 is 10.6 Å². The molecule has 0 spiro atoms. The fraction of sp³-hybridized carbons (Fsp3) is 0.192. The Morgan fingerprint density at radius 3 is 2.30 bits per heavy atom. The number of amides is 1. The van der Waals surface area contributed by atoms with E-state index in [1.807, 2.05) is 58.0 Å². The number of hydrogen-bond donors (Lipinski definition) is 2. The number of hydrogen-bond acceptors (Lipinski definition) is 5. The molecule has 0 aliphatic heterocycles. The Balaban J connectivity index is 1.80. The molecule has 7 heteroatoms. The summed E-state index contributed by atoms with van der Waals surface area (Å²) in [5.41, 5.74) is 4.84. The lowest BCUT2D eigenvalue weighted by molar-refractivity contribution is 0.102. The summed E-state index contributed by atoms with van der Waals surface area (Å²) in [5.74, 6) is -0.0794. The minimum Gasteiger partial charge on any atom is -0.343 e. The Labute approximate surface area is 196 Å². The van der Waals surface area contributed by atoms with Gasteiger partial charge in [-0.05, 0) is 69.2 Å². The Morgan fingerprint density at radius 2 is 1.64 bits per heavy atom. The second kappa shape index (κ2) is 9.50. The van der Waals surface area contributed by atoms with E-state index < -0.39 is 6.04 Å². The molecule has 0 fully saturated rings. The van der Waals surface area contributed by atoms with Crippen molar-refractivity contribution in [3.8, 4) is 0 Å². The molecule has 168 valence electrons. The highest BCUT2D eigenvalue weighted by molar-refractivity contribution is 7.16. The topological polar surface area (TPSA) is 66.9 Å². The van der Waals surface area contributed by atoms with Gasteiger partial charge in [0, 0.05) is 27.4 Å². The number of carbonyl (C=O) groups is 1. The molecular weight excluding hydrogens is 435 g/mol. The largest absolute Gasteiger partial charge is 0.343 e. The van der Waals surface area contributed by atoms with Crippen molar-refractivity contribution in [2.45, 2.75) is 33.7 Å². The fourth-order valence-corrected chi connectivity index (χ4v) is 4.87. The standard InChI is InChI=1S/C26H25FN4OS/c1-15-13-16(2)29-26(28-15)30-23(20-11-8-12-21(27)14-20)22-17(3)18(4)33-25(22)31-24(32)19-9-6-5-7-10-19/h5-14,23H,1-4H3,(H,31,32)(H,28,29,30). The van der Waals surface area contributed by atoms with E-state index in [0.717, 1.165) is 27.4 Å². The lowest BCUT2D eigenvalue weighted by Crippen LogP contribution is -2.19. The molecule has 2 N–H and O–H groups in total. The molecule has 4 aromatic rings. The van der Waals surface area contributed by atoms with Crippen molar-refractivity contribution in [2.24, 2.45) is 0 Å². The van der Waals surface area contributed by atoms with E-state index in [9.17, 15) is 9.18 Å². The number of nitrogens with zero attached hydrogens (tertiary/aromatic N) is 2. The predicted molar refractivity (Wildman–Crippen MR) is 132 cm³/mol. The average molecular weight is 461 g/mol. The summed E-state index contributed by atoms with van der Waals surface area (Å²) in [4.78, 5) is 23.0. The van der Waals surface area contributed by atoms with Crippen molar-refractivity contribution in [3.05, 3.63) is 105 Å². The quantitative estimate of drug-likeness (QED) is 0.351. The van der Waals surface area contributed by atoms with Crippen molar-refractivity contribution in [1.29, 1.82) is 0 Å². The van der Waals surface area contributed by atoms with Gasteiger partial charge in [-0.3, -0.25) is 4.79 Å². The van der Waals surface area contributed by atoms with Gasteiger partial charge in [-0.15, -0.1) is 11.3 Å². The van der Waals surface area contributed by atoms with Gasteiger partial charge in [0.25, 0.3) is 5.91 Å². The van der Waals surface area contributed by atoms with Crippen LogP contribution in [0.25, 0.3) is 0 Å². The second-order valence-corrected chi connectivity index (χ2v) is 9.18. The first kappa shape index (κ1) is 22.6. The molecule has 0 bridgehead atoms. The first-order chi connectivity index (χ1) is 15.8. The van der Waals surface area contributed by atoms with Gasteiger partial charge in [-0.2, -0.15) is 0 Å². The normalized spacial score (nSPS) is 11.8. The highest BCUT2D eigenvalue weighted by Gasteiger charge is 2.26. The summed E-state index contributed by atoms with van der Waals surface area (Å²) in [5, 5.41) is 7.17. The van der Waals surface area contributed by atoms with Crippen LogP contribution < -0.4 is 10.6 Å². The van der Waals surface area contributed by atoms with Gasteiger partial charge in [0.15, 0.2) is 0 Å². The maximum atomic E-state index is 14.2. The SMILES string of the molecule is Cc1cc(C)nc(NC(c2cccc(F)c2)c2c(NC(=O)c3ccccc3)sc(C)c2C)n1. The van der Waals surface area contributed by atoms with E-state index in [1.165, 1.54) is 23.5 Å². The van der Waals surface area contributed by atoms with Crippen LogP contribution in [0.5, 0.6) is 0 Å². The highest BCUT2D eigenvalue weighted by atomic mass is 32.1. The second-order valence-electron chi connectivity index (χ2n) is 7.95. The average Bonchev–Trinajstić information content (AvgIpc) is 3.05. The zero-order valence-electron chi connectivity index (χ0n) is 18.9. The first-order valence-electron chi connectivity index (χ1n) is 10.6.